The molecule has 0 saturated carbocycles. The highest BCUT2D eigenvalue weighted by atomic mass is 16.3. The van der Waals surface area contributed by atoms with Gasteiger partial charge in [0.2, 0.25) is 0 Å². The van der Waals surface area contributed by atoms with Crippen LogP contribution in [-0.4, -0.2) is 55.8 Å². The van der Waals surface area contributed by atoms with E-state index in [1.165, 1.54) is 6.33 Å². The molecule has 22 heavy (non-hydrogen) atoms. The number of aromatic nitrogens is 4. The number of aliphatic hydroxyl groups is 1. The van der Waals surface area contributed by atoms with Crippen LogP contribution in [0.5, 0.6) is 0 Å². The maximum atomic E-state index is 12.5. The topological polar surface area (TPSA) is 95.0 Å². The van der Waals surface area contributed by atoms with Crippen LogP contribution in [0.1, 0.15) is 40.5 Å². The fraction of sp³-hybridized carbons (Fsp3) is 0.467. The Balaban J connectivity index is 1.69. The van der Waals surface area contributed by atoms with Gasteiger partial charge in [0, 0.05) is 50.1 Å². The van der Waals surface area contributed by atoms with E-state index in [2.05, 4.69) is 20.2 Å². The van der Waals surface area contributed by atoms with Gasteiger partial charge in [0.15, 0.2) is 0 Å². The molecule has 0 aliphatic carbocycles. The highest BCUT2D eigenvalue weighted by molar-refractivity contribution is 5.93. The lowest BCUT2D eigenvalue weighted by molar-refractivity contribution is 0.0705. The van der Waals surface area contributed by atoms with E-state index in [0.717, 1.165) is 30.8 Å². The van der Waals surface area contributed by atoms with Crippen molar-refractivity contribution in [2.45, 2.75) is 25.2 Å². The average molecular weight is 301 g/mol. The van der Waals surface area contributed by atoms with Gasteiger partial charge < -0.3 is 10.0 Å². The van der Waals surface area contributed by atoms with Gasteiger partial charge in [-0.3, -0.25) is 9.89 Å². The normalized spacial score (nSPS) is 18.4. The van der Waals surface area contributed by atoms with Crippen LogP contribution in [0.4, 0.5) is 0 Å². The SMILES string of the molecule is O=C(c1cncnc1)N1CCC[C@H](c2cc(CCO)[nH]n2)C1. The van der Waals surface area contributed by atoms with Gasteiger partial charge in [0.05, 0.1) is 11.3 Å². The molecular weight excluding hydrogens is 282 g/mol. The van der Waals surface area contributed by atoms with Crippen molar-refractivity contribution in [3.05, 3.63) is 41.7 Å². The van der Waals surface area contributed by atoms with E-state index in [1.54, 1.807) is 12.4 Å². The van der Waals surface area contributed by atoms with Crippen LogP contribution >= 0.6 is 0 Å². The van der Waals surface area contributed by atoms with Crippen LogP contribution in [0.15, 0.2) is 24.8 Å². The molecular formula is C15H19N5O2. The molecule has 7 heteroatoms. The Morgan fingerprint density at radius 3 is 3.00 bits per heavy atom. The maximum absolute atomic E-state index is 12.5. The molecule has 7 nitrogen and oxygen atoms in total. The number of hydrogen-bond donors (Lipinski definition) is 2. The molecule has 0 bridgehead atoms. The number of H-pyrrole nitrogens is 1. The van der Waals surface area contributed by atoms with Crippen molar-refractivity contribution in [2.24, 2.45) is 0 Å². The molecule has 1 saturated heterocycles. The second-order valence-electron chi connectivity index (χ2n) is 5.51. The zero-order valence-electron chi connectivity index (χ0n) is 12.3. The van der Waals surface area contributed by atoms with Gasteiger partial charge in [0.25, 0.3) is 5.91 Å². The first-order valence-electron chi connectivity index (χ1n) is 7.47. The fourth-order valence-electron chi connectivity index (χ4n) is 2.83. The minimum atomic E-state index is -0.0311. The minimum Gasteiger partial charge on any atom is -0.396 e. The van der Waals surface area contributed by atoms with Crippen LogP contribution < -0.4 is 0 Å². The van der Waals surface area contributed by atoms with E-state index < -0.39 is 0 Å². The molecule has 116 valence electrons. The third-order valence-electron chi connectivity index (χ3n) is 3.97. The van der Waals surface area contributed by atoms with Crippen molar-refractivity contribution in [1.82, 2.24) is 25.1 Å². The highest BCUT2D eigenvalue weighted by Crippen LogP contribution is 2.26. The number of nitrogens with one attached hydrogen (secondary N) is 1. The Kier molecular flexibility index (Phi) is 4.43. The van der Waals surface area contributed by atoms with Crippen molar-refractivity contribution in [3.8, 4) is 0 Å². The lowest BCUT2D eigenvalue weighted by atomic mass is 9.94. The number of aliphatic hydroxyl groups excluding tert-OH is 1. The lowest BCUT2D eigenvalue weighted by Crippen LogP contribution is -2.39. The molecule has 3 rings (SSSR count). The van der Waals surface area contributed by atoms with E-state index in [9.17, 15) is 4.79 Å². The molecule has 0 radical (unpaired) electrons. The minimum absolute atomic E-state index is 0.0311. The molecule has 2 aromatic heterocycles. The summed E-state index contributed by atoms with van der Waals surface area (Å²) in [6.45, 7) is 1.50. The molecule has 1 fully saturated rings. The maximum Gasteiger partial charge on any atom is 0.257 e. The van der Waals surface area contributed by atoms with Gasteiger partial charge in [-0.15, -0.1) is 0 Å². The molecule has 0 unspecified atom stereocenters. The Hall–Kier alpha value is -2.28. The van der Waals surface area contributed by atoms with E-state index in [4.69, 9.17) is 5.11 Å². The first kappa shape index (κ1) is 14.6. The monoisotopic (exact) mass is 301 g/mol. The molecule has 2 aromatic rings. The molecule has 2 N–H and O–H groups in total. The van der Waals surface area contributed by atoms with Gasteiger partial charge >= 0.3 is 0 Å². The Morgan fingerprint density at radius 2 is 2.23 bits per heavy atom. The predicted octanol–water partition coefficient (Wildman–Crippen LogP) is 0.754. The summed E-state index contributed by atoms with van der Waals surface area (Å²) in [7, 11) is 0. The van der Waals surface area contributed by atoms with Crippen LogP contribution in [0.3, 0.4) is 0 Å². The Bertz CT molecular complexity index is 628. The zero-order chi connectivity index (χ0) is 15.4. The molecule has 3 heterocycles. The van der Waals surface area contributed by atoms with Crippen LogP contribution in [0.25, 0.3) is 0 Å². The van der Waals surface area contributed by atoms with Gasteiger partial charge in [-0.2, -0.15) is 5.10 Å². The first-order chi connectivity index (χ1) is 10.8. The van der Waals surface area contributed by atoms with Gasteiger partial charge in [-0.05, 0) is 18.9 Å². The predicted molar refractivity (Wildman–Crippen MR) is 79.3 cm³/mol. The third-order valence-corrected chi connectivity index (χ3v) is 3.97. The number of hydrogen-bond acceptors (Lipinski definition) is 5. The number of carbonyl (C=O) groups is 1. The quantitative estimate of drug-likeness (QED) is 0.869. The van der Waals surface area contributed by atoms with Gasteiger partial charge in [-0.25, -0.2) is 9.97 Å². The number of aromatic amines is 1. The van der Waals surface area contributed by atoms with Crippen molar-refractivity contribution in [3.63, 3.8) is 0 Å². The molecule has 1 aliphatic heterocycles. The Morgan fingerprint density at radius 1 is 1.41 bits per heavy atom. The van der Waals surface area contributed by atoms with Crippen LogP contribution in [0.2, 0.25) is 0 Å². The lowest BCUT2D eigenvalue weighted by Gasteiger charge is -2.31. The smallest absolute Gasteiger partial charge is 0.257 e. The van der Waals surface area contributed by atoms with E-state index >= 15 is 0 Å². The number of rotatable bonds is 4. The van der Waals surface area contributed by atoms with E-state index in [-0.39, 0.29) is 18.4 Å². The first-order valence-corrected chi connectivity index (χ1v) is 7.47. The number of piperidine rings is 1. The van der Waals surface area contributed by atoms with Gasteiger partial charge in [0.1, 0.15) is 6.33 Å². The van der Waals surface area contributed by atoms with Crippen LogP contribution in [0, 0.1) is 0 Å². The molecule has 0 spiro atoms. The number of likely N-dealkylation sites (tertiary alicyclic amines) is 1. The van der Waals surface area contributed by atoms with Crippen molar-refractivity contribution < 1.29 is 9.90 Å². The summed E-state index contributed by atoms with van der Waals surface area (Å²) in [4.78, 5) is 22.1. The fourth-order valence-corrected chi connectivity index (χ4v) is 2.83. The summed E-state index contributed by atoms with van der Waals surface area (Å²) >= 11 is 0. The van der Waals surface area contributed by atoms with Crippen molar-refractivity contribution >= 4 is 5.91 Å². The molecule has 0 aromatic carbocycles. The number of nitrogens with zero attached hydrogens (tertiary/aromatic N) is 4. The summed E-state index contributed by atoms with van der Waals surface area (Å²) in [5.41, 5.74) is 2.41. The number of carbonyl (C=O) groups excluding carboxylic acids is 1. The molecule has 1 aliphatic rings. The molecule has 1 atom stereocenters. The van der Waals surface area contributed by atoms with E-state index in [0.29, 0.717) is 18.5 Å². The Labute approximate surface area is 128 Å². The second-order valence-corrected chi connectivity index (χ2v) is 5.51. The average Bonchev–Trinajstić information content (AvgIpc) is 3.04. The highest BCUT2D eigenvalue weighted by Gasteiger charge is 2.27. The van der Waals surface area contributed by atoms with Crippen LogP contribution in [-0.2, 0) is 6.42 Å². The largest absolute Gasteiger partial charge is 0.396 e. The van der Waals surface area contributed by atoms with Crippen molar-refractivity contribution in [2.75, 3.05) is 19.7 Å². The van der Waals surface area contributed by atoms with E-state index in [1.807, 2.05) is 11.0 Å². The summed E-state index contributed by atoms with van der Waals surface area (Å²) in [5.74, 6) is 0.197. The summed E-state index contributed by atoms with van der Waals surface area (Å²) in [6.07, 6.45) is 7.05. The summed E-state index contributed by atoms with van der Waals surface area (Å²) < 4.78 is 0. The van der Waals surface area contributed by atoms with Gasteiger partial charge in [-0.1, -0.05) is 0 Å². The van der Waals surface area contributed by atoms with Crippen molar-refractivity contribution in [1.29, 1.82) is 0 Å². The summed E-state index contributed by atoms with van der Waals surface area (Å²) in [5, 5.41) is 16.2. The second kappa shape index (κ2) is 6.65. The summed E-state index contributed by atoms with van der Waals surface area (Å²) in [6, 6.07) is 1.99. The standard InChI is InChI=1S/C15H19N5O2/c21-5-3-13-6-14(19-18-13)11-2-1-4-20(9-11)15(22)12-7-16-10-17-8-12/h6-8,10-11,21H,1-5,9H2,(H,18,19)/t11-/m0/s1. The number of amides is 1. The zero-order valence-corrected chi connectivity index (χ0v) is 12.3. The third kappa shape index (κ3) is 3.14. The molecule has 1 amide bonds.